The van der Waals surface area contributed by atoms with E-state index >= 15 is 0 Å². The van der Waals surface area contributed by atoms with Crippen molar-refractivity contribution in [2.75, 3.05) is 29.9 Å². The van der Waals surface area contributed by atoms with Gasteiger partial charge in [0, 0.05) is 30.1 Å². The van der Waals surface area contributed by atoms with Gasteiger partial charge in [-0.2, -0.15) is 0 Å². The molecule has 2 aromatic carbocycles. The molecular weight excluding hydrogens is 453 g/mol. The first-order valence-corrected chi connectivity index (χ1v) is 10.5. The molecule has 6 nitrogen and oxygen atoms in total. The lowest BCUT2D eigenvalue weighted by atomic mass is 9.89. The highest BCUT2D eigenvalue weighted by Gasteiger charge is 2.42. The van der Waals surface area contributed by atoms with E-state index in [1.165, 1.54) is 18.2 Å². The Labute approximate surface area is 187 Å². The fraction of sp³-hybridized carbons (Fsp3) is 0.381. The molecule has 4 rings (SSSR count). The predicted octanol–water partition coefficient (Wildman–Crippen LogP) is 3.54. The van der Waals surface area contributed by atoms with Gasteiger partial charge in [-0.25, -0.2) is 8.78 Å². The summed E-state index contributed by atoms with van der Waals surface area (Å²) in [6, 6.07) is 5.15. The highest BCUT2D eigenvalue weighted by molar-refractivity contribution is 6.36. The van der Waals surface area contributed by atoms with Crippen LogP contribution in [0.1, 0.15) is 18.4 Å². The number of ether oxygens (including phenoxy) is 1. The number of nitrogens with one attached hydrogen (secondary N) is 1. The summed E-state index contributed by atoms with van der Waals surface area (Å²) in [5.41, 5.74) is -0.920. The van der Waals surface area contributed by atoms with Crippen molar-refractivity contribution < 1.29 is 28.5 Å². The molecule has 31 heavy (non-hydrogen) atoms. The number of hydrogen-bond donors (Lipinski definition) is 3. The molecule has 2 atom stereocenters. The van der Waals surface area contributed by atoms with Crippen LogP contribution in [0.5, 0.6) is 5.75 Å². The highest BCUT2D eigenvalue weighted by atomic mass is 35.5. The number of piperidine rings is 1. The van der Waals surface area contributed by atoms with Gasteiger partial charge >= 0.3 is 0 Å². The largest absolute Gasteiger partial charge is 0.490 e. The van der Waals surface area contributed by atoms with Crippen molar-refractivity contribution >= 4 is 40.5 Å². The lowest BCUT2D eigenvalue weighted by molar-refractivity contribution is -0.116. The van der Waals surface area contributed by atoms with E-state index in [2.05, 4.69) is 5.32 Å². The van der Waals surface area contributed by atoms with Crippen molar-refractivity contribution in [2.24, 2.45) is 0 Å². The number of benzene rings is 2. The number of hydrogen-bond acceptors (Lipinski definition) is 5. The normalized spacial score (nSPS) is 23.4. The smallest absolute Gasteiger partial charge is 0.224 e. The molecule has 0 spiro atoms. The van der Waals surface area contributed by atoms with E-state index in [9.17, 15) is 23.8 Å². The van der Waals surface area contributed by atoms with Crippen molar-refractivity contribution in [3.05, 3.63) is 51.5 Å². The summed E-state index contributed by atoms with van der Waals surface area (Å²) in [5.74, 6) is -1.14. The molecule has 2 aliphatic rings. The third kappa shape index (κ3) is 4.30. The van der Waals surface area contributed by atoms with E-state index in [4.69, 9.17) is 27.9 Å². The average molecular weight is 473 g/mol. The quantitative estimate of drug-likeness (QED) is 0.633. The fourth-order valence-electron chi connectivity index (χ4n) is 3.94. The van der Waals surface area contributed by atoms with Gasteiger partial charge in [0.15, 0.2) is 0 Å². The second-order valence-corrected chi connectivity index (χ2v) is 8.61. The van der Waals surface area contributed by atoms with Gasteiger partial charge < -0.3 is 25.2 Å². The lowest BCUT2D eigenvalue weighted by Crippen LogP contribution is -2.58. The number of carbonyl (C=O) groups excluding carboxylic acids is 1. The van der Waals surface area contributed by atoms with Crippen LogP contribution < -0.4 is 15.0 Å². The number of anilines is 2. The highest BCUT2D eigenvalue weighted by Crippen LogP contribution is 2.37. The Bertz CT molecular complexity index is 1020. The molecule has 3 N–H and O–H groups in total. The van der Waals surface area contributed by atoms with Gasteiger partial charge in [0.05, 0.1) is 16.4 Å². The number of halogens is 4. The zero-order valence-corrected chi connectivity index (χ0v) is 17.8. The molecule has 2 heterocycles. The Balaban J connectivity index is 1.48. The number of aliphatic hydroxyl groups is 2. The molecule has 1 amide bonds. The summed E-state index contributed by atoms with van der Waals surface area (Å²) in [4.78, 5) is 13.1. The van der Waals surface area contributed by atoms with E-state index in [-0.39, 0.29) is 59.9 Å². The molecule has 166 valence electrons. The van der Waals surface area contributed by atoms with Crippen LogP contribution in [0.3, 0.4) is 0 Å². The third-order valence-electron chi connectivity index (χ3n) is 5.69. The second-order valence-electron chi connectivity index (χ2n) is 7.77. The summed E-state index contributed by atoms with van der Waals surface area (Å²) in [6.07, 6.45) is -0.685. The maximum absolute atomic E-state index is 14.4. The van der Waals surface area contributed by atoms with Crippen LogP contribution in [0.15, 0.2) is 24.3 Å². The predicted molar refractivity (Wildman–Crippen MR) is 113 cm³/mol. The monoisotopic (exact) mass is 472 g/mol. The summed E-state index contributed by atoms with van der Waals surface area (Å²) in [5, 5.41) is 24.3. The van der Waals surface area contributed by atoms with Gasteiger partial charge in [0.25, 0.3) is 0 Å². The number of aliphatic hydroxyl groups excluding tert-OH is 1. The maximum Gasteiger partial charge on any atom is 0.224 e. The van der Waals surface area contributed by atoms with E-state index in [0.29, 0.717) is 17.7 Å². The van der Waals surface area contributed by atoms with Gasteiger partial charge in [-0.15, -0.1) is 0 Å². The Kier molecular flexibility index (Phi) is 6.00. The molecule has 0 saturated carbocycles. The van der Waals surface area contributed by atoms with E-state index in [0.717, 1.165) is 6.07 Å². The van der Waals surface area contributed by atoms with Crippen molar-refractivity contribution in [2.45, 2.75) is 31.0 Å². The summed E-state index contributed by atoms with van der Waals surface area (Å²) >= 11 is 11.9. The molecule has 0 unspecified atom stereocenters. The van der Waals surface area contributed by atoms with Crippen molar-refractivity contribution in [1.29, 1.82) is 0 Å². The maximum atomic E-state index is 14.4. The first kappa shape index (κ1) is 22.1. The Morgan fingerprint density at radius 1 is 1.23 bits per heavy atom. The molecule has 2 aliphatic heterocycles. The van der Waals surface area contributed by atoms with E-state index in [1.807, 2.05) is 0 Å². The molecule has 1 saturated heterocycles. The molecule has 1 fully saturated rings. The Hall–Kier alpha value is -2.13. The zero-order valence-electron chi connectivity index (χ0n) is 16.3. The number of fused-ring (bicyclic) bond motifs is 1. The SMILES string of the molecule is O=C1CCc2c(OC[C@]3(O)CCN(c4c(F)cc(Cl)cc4Cl)C[C@H]3O)ccc(F)c2N1. The zero-order chi connectivity index (χ0) is 22.3. The van der Waals surface area contributed by atoms with Crippen LogP contribution in [-0.4, -0.2) is 47.5 Å². The third-order valence-corrected chi connectivity index (χ3v) is 6.20. The van der Waals surface area contributed by atoms with Crippen molar-refractivity contribution in [3.8, 4) is 5.75 Å². The minimum Gasteiger partial charge on any atom is -0.490 e. The van der Waals surface area contributed by atoms with Crippen LogP contribution >= 0.6 is 23.2 Å². The number of β-amino-alcohol motifs (C(OH)–C–C–N with tert-alkyl or cyclic N) is 1. The molecule has 0 aliphatic carbocycles. The molecule has 10 heteroatoms. The Morgan fingerprint density at radius 3 is 2.71 bits per heavy atom. The van der Waals surface area contributed by atoms with Crippen LogP contribution in [0.2, 0.25) is 10.0 Å². The van der Waals surface area contributed by atoms with Gasteiger partial charge in [-0.05, 0) is 37.1 Å². The lowest BCUT2D eigenvalue weighted by Gasteiger charge is -2.43. The summed E-state index contributed by atoms with van der Waals surface area (Å²) < 4.78 is 34.1. The Morgan fingerprint density at radius 2 is 2.00 bits per heavy atom. The molecule has 0 bridgehead atoms. The number of rotatable bonds is 4. The van der Waals surface area contributed by atoms with Crippen LogP contribution in [0.4, 0.5) is 20.2 Å². The first-order chi connectivity index (χ1) is 14.7. The van der Waals surface area contributed by atoms with Crippen molar-refractivity contribution in [1.82, 2.24) is 0 Å². The number of amides is 1. The standard InChI is InChI=1S/C21H20Cl2F2N2O4/c22-11-7-13(23)20(15(25)8-11)27-6-5-21(30,17(28)9-27)10-31-16-3-2-14(24)19-12(16)1-4-18(29)26-19/h2-3,7-8,17,28,30H,1,4-6,9-10H2,(H,26,29)/t17-,21-/m1/s1. The van der Waals surface area contributed by atoms with Gasteiger partial charge in [0.1, 0.15) is 35.7 Å². The number of carbonyl (C=O) groups is 1. The molecule has 2 aromatic rings. The van der Waals surface area contributed by atoms with Gasteiger partial charge in [0.2, 0.25) is 5.91 Å². The summed E-state index contributed by atoms with van der Waals surface area (Å²) in [6.45, 7) is -0.118. The average Bonchev–Trinajstić information content (AvgIpc) is 2.70. The van der Waals surface area contributed by atoms with Gasteiger partial charge in [-0.1, -0.05) is 23.2 Å². The van der Waals surface area contributed by atoms with Crippen LogP contribution in [-0.2, 0) is 11.2 Å². The summed E-state index contributed by atoms with van der Waals surface area (Å²) in [7, 11) is 0. The van der Waals surface area contributed by atoms with E-state index in [1.54, 1.807) is 4.90 Å². The number of nitrogens with zero attached hydrogens (tertiary/aromatic N) is 1. The van der Waals surface area contributed by atoms with Crippen molar-refractivity contribution in [3.63, 3.8) is 0 Å². The minimum absolute atomic E-state index is 0.0731. The second kappa shape index (κ2) is 8.43. The molecule has 0 radical (unpaired) electrons. The van der Waals surface area contributed by atoms with Gasteiger partial charge in [-0.3, -0.25) is 4.79 Å². The van der Waals surface area contributed by atoms with Crippen LogP contribution in [0, 0.1) is 11.6 Å². The molecule has 0 aromatic heterocycles. The van der Waals surface area contributed by atoms with Crippen LogP contribution in [0.25, 0.3) is 0 Å². The fourth-order valence-corrected chi connectivity index (χ4v) is 4.52. The molecular formula is C21H20Cl2F2N2O4. The minimum atomic E-state index is -1.61. The topological polar surface area (TPSA) is 82.0 Å². The first-order valence-electron chi connectivity index (χ1n) is 9.72. The van der Waals surface area contributed by atoms with E-state index < -0.39 is 23.3 Å².